The van der Waals surface area contributed by atoms with E-state index < -0.39 is 0 Å². The normalized spacial score (nSPS) is 15.8. The molecular formula is C23H26N4O2S. The zero-order chi connectivity index (χ0) is 20.9. The van der Waals surface area contributed by atoms with E-state index in [9.17, 15) is 0 Å². The molecule has 30 heavy (non-hydrogen) atoms. The van der Waals surface area contributed by atoms with E-state index in [1.807, 2.05) is 37.3 Å². The maximum atomic E-state index is 6.07. The summed E-state index contributed by atoms with van der Waals surface area (Å²) in [6, 6.07) is 18.0. The van der Waals surface area contributed by atoms with Crippen LogP contribution in [0.1, 0.15) is 25.8 Å². The van der Waals surface area contributed by atoms with Crippen molar-refractivity contribution in [3.8, 4) is 17.5 Å². The zero-order valence-corrected chi connectivity index (χ0v) is 18.2. The molecule has 4 bridgehead atoms. The summed E-state index contributed by atoms with van der Waals surface area (Å²) in [6.45, 7) is 6.93. The number of anilines is 2. The summed E-state index contributed by atoms with van der Waals surface area (Å²) in [7, 11) is 0. The predicted octanol–water partition coefficient (Wildman–Crippen LogP) is 5.92. The Kier molecular flexibility index (Phi) is 6.28. The Hall–Kier alpha value is -2.93. The average Bonchev–Trinajstić information content (AvgIpc) is 2.71. The number of hydrogen-bond donors (Lipinski definition) is 2. The van der Waals surface area contributed by atoms with Gasteiger partial charge in [-0.3, -0.25) is 4.72 Å². The predicted molar refractivity (Wildman–Crippen MR) is 122 cm³/mol. The van der Waals surface area contributed by atoms with Crippen LogP contribution in [-0.4, -0.2) is 22.6 Å². The lowest BCUT2D eigenvalue weighted by Gasteiger charge is -2.23. The molecule has 3 aromatic rings. The Balaban J connectivity index is 1.64. The summed E-state index contributed by atoms with van der Waals surface area (Å²) in [5.74, 6) is 2.67. The number of nitrogens with zero attached hydrogens (tertiary/aromatic N) is 2. The first-order valence-corrected chi connectivity index (χ1v) is 10.9. The van der Waals surface area contributed by atoms with Gasteiger partial charge in [0.2, 0.25) is 17.7 Å². The van der Waals surface area contributed by atoms with Crippen molar-refractivity contribution < 1.29 is 9.47 Å². The minimum Gasteiger partial charge on any atom is -0.475 e. The lowest BCUT2D eigenvalue weighted by Crippen LogP contribution is -2.29. The van der Waals surface area contributed by atoms with E-state index >= 15 is 0 Å². The molecule has 1 atom stereocenters. The molecule has 2 N–H and O–H groups in total. The molecule has 6 nitrogen and oxygen atoms in total. The summed E-state index contributed by atoms with van der Waals surface area (Å²) in [5, 5.41) is 3.60. The number of rotatable bonds is 4. The zero-order valence-electron chi connectivity index (χ0n) is 17.4. The molecule has 0 saturated heterocycles. The van der Waals surface area contributed by atoms with Gasteiger partial charge in [-0.05, 0) is 61.0 Å². The van der Waals surface area contributed by atoms with Crippen LogP contribution in [0.3, 0.4) is 0 Å². The fourth-order valence-corrected chi connectivity index (χ4v) is 3.91. The van der Waals surface area contributed by atoms with E-state index in [2.05, 4.69) is 52.1 Å². The van der Waals surface area contributed by atoms with Crippen molar-refractivity contribution in [1.29, 1.82) is 0 Å². The largest absolute Gasteiger partial charge is 0.475 e. The van der Waals surface area contributed by atoms with Gasteiger partial charge in [0.15, 0.2) is 0 Å². The van der Waals surface area contributed by atoms with Crippen molar-refractivity contribution in [2.45, 2.75) is 38.1 Å². The van der Waals surface area contributed by atoms with Gasteiger partial charge >= 0.3 is 0 Å². The van der Waals surface area contributed by atoms with Gasteiger partial charge in [-0.2, -0.15) is 9.97 Å². The summed E-state index contributed by atoms with van der Waals surface area (Å²) in [5.41, 5.74) is 2.11. The third-order valence-electron chi connectivity index (χ3n) is 4.64. The molecule has 0 saturated carbocycles. The number of fused-ring (bicyclic) bond motifs is 4. The maximum absolute atomic E-state index is 6.07. The van der Waals surface area contributed by atoms with Crippen molar-refractivity contribution in [1.82, 2.24) is 9.97 Å². The molecular weight excluding hydrogens is 396 g/mol. The third-order valence-corrected chi connectivity index (χ3v) is 5.41. The first-order valence-electron chi connectivity index (χ1n) is 10.1. The van der Waals surface area contributed by atoms with Crippen LogP contribution >= 0.6 is 11.9 Å². The number of ether oxygens (including phenoxy) is 2. The first kappa shape index (κ1) is 20.3. The highest BCUT2D eigenvalue weighted by atomic mass is 32.2. The fourth-order valence-electron chi connectivity index (χ4n) is 3.27. The lowest BCUT2D eigenvalue weighted by molar-refractivity contribution is 0.269. The standard InChI is InChI=1S/C23H26N4O2S/c1-15(2)11-18-14-28-21-13-22(29-20-10-5-4-7-16(20)3)26-23(25-21)27-30-19-9-6-8-17(12-19)24-18/h4-10,12-13,15,18,24H,11,14H2,1-3H3,(H,25,26,27). The van der Waals surface area contributed by atoms with Crippen LogP contribution in [0.25, 0.3) is 0 Å². The van der Waals surface area contributed by atoms with Gasteiger partial charge in [0.25, 0.3) is 0 Å². The summed E-state index contributed by atoms with van der Waals surface area (Å²) in [4.78, 5) is 10.1. The Morgan fingerprint density at radius 3 is 2.83 bits per heavy atom. The molecule has 7 heteroatoms. The topological polar surface area (TPSA) is 68.3 Å². The average molecular weight is 423 g/mol. The van der Waals surface area contributed by atoms with Crippen LogP contribution < -0.4 is 19.5 Å². The van der Waals surface area contributed by atoms with Gasteiger partial charge in [-0.1, -0.05) is 38.1 Å². The SMILES string of the molecule is Cc1ccccc1Oc1cc2nc(n1)NSc1cccc(c1)NC(CC(C)C)CO2. The van der Waals surface area contributed by atoms with Crippen LogP contribution in [0.4, 0.5) is 11.6 Å². The molecule has 156 valence electrons. The molecule has 0 fully saturated rings. The Morgan fingerprint density at radius 1 is 1.13 bits per heavy atom. The lowest BCUT2D eigenvalue weighted by atomic mass is 10.0. The summed E-state index contributed by atoms with van der Waals surface area (Å²) >= 11 is 1.45. The monoisotopic (exact) mass is 422 g/mol. The van der Waals surface area contributed by atoms with Crippen LogP contribution in [0.15, 0.2) is 59.5 Å². The van der Waals surface area contributed by atoms with Crippen molar-refractivity contribution in [2.24, 2.45) is 5.92 Å². The number of hydrogen-bond acceptors (Lipinski definition) is 7. The van der Waals surface area contributed by atoms with E-state index in [1.54, 1.807) is 6.07 Å². The number of aromatic nitrogens is 2. The molecule has 0 spiro atoms. The maximum Gasteiger partial charge on any atom is 0.239 e. The third kappa shape index (κ3) is 5.36. The first-order chi connectivity index (χ1) is 14.5. The van der Waals surface area contributed by atoms with Gasteiger partial charge in [0.05, 0.1) is 12.1 Å². The van der Waals surface area contributed by atoms with E-state index in [1.165, 1.54) is 11.9 Å². The van der Waals surface area contributed by atoms with Gasteiger partial charge < -0.3 is 14.8 Å². The van der Waals surface area contributed by atoms with Gasteiger partial charge in [0, 0.05) is 10.6 Å². The molecule has 0 radical (unpaired) electrons. The highest BCUT2D eigenvalue weighted by molar-refractivity contribution is 8.00. The molecule has 1 unspecified atom stereocenters. The molecule has 2 aromatic carbocycles. The molecule has 0 aliphatic carbocycles. The highest BCUT2D eigenvalue weighted by Gasteiger charge is 2.16. The van der Waals surface area contributed by atoms with Crippen LogP contribution in [0, 0.1) is 12.8 Å². The Bertz CT molecular complexity index is 1010. The molecule has 4 rings (SSSR count). The van der Waals surface area contributed by atoms with E-state index in [-0.39, 0.29) is 6.04 Å². The van der Waals surface area contributed by atoms with Crippen molar-refractivity contribution in [3.05, 3.63) is 60.2 Å². The molecule has 2 heterocycles. The number of aryl methyl sites for hydroxylation is 1. The van der Waals surface area contributed by atoms with Gasteiger partial charge in [0.1, 0.15) is 12.4 Å². The van der Waals surface area contributed by atoms with Crippen molar-refractivity contribution >= 4 is 23.6 Å². The van der Waals surface area contributed by atoms with Gasteiger partial charge in [-0.25, -0.2) is 0 Å². The Morgan fingerprint density at radius 2 is 2.00 bits per heavy atom. The van der Waals surface area contributed by atoms with E-state index in [0.717, 1.165) is 28.3 Å². The number of benzene rings is 2. The fraction of sp³-hybridized carbons (Fsp3) is 0.304. The van der Waals surface area contributed by atoms with Crippen molar-refractivity contribution in [2.75, 3.05) is 16.6 Å². The quantitative estimate of drug-likeness (QED) is 0.506. The second-order valence-corrected chi connectivity index (χ2v) is 8.63. The highest BCUT2D eigenvalue weighted by Crippen LogP contribution is 2.29. The second-order valence-electron chi connectivity index (χ2n) is 7.75. The van der Waals surface area contributed by atoms with E-state index in [4.69, 9.17) is 9.47 Å². The number of nitrogens with one attached hydrogen (secondary N) is 2. The van der Waals surface area contributed by atoms with Crippen LogP contribution in [0.2, 0.25) is 0 Å². The molecule has 1 aromatic heterocycles. The molecule has 0 amide bonds. The minimum atomic E-state index is 0.164. The minimum absolute atomic E-state index is 0.164. The van der Waals surface area contributed by atoms with Crippen LogP contribution in [0.5, 0.6) is 17.5 Å². The number of para-hydroxylation sites is 1. The molecule has 1 aliphatic heterocycles. The Labute approximate surface area is 181 Å². The van der Waals surface area contributed by atoms with Crippen LogP contribution in [-0.2, 0) is 0 Å². The van der Waals surface area contributed by atoms with E-state index in [0.29, 0.717) is 30.2 Å². The summed E-state index contributed by atoms with van der Waals surface area (Å²) < 4.78 is 15.3. The smallest absolute Gasteiger partial charge is 0.239 e. The van der Waals surface area contributed by atoms with Gasteiger partial charge in [-0.15, -0.1) is 0 Å². The summed E-state index contributed by atoms with van der Waals surface area (Å²) in [6.07, 6.45) is 0.986. The second kappa shape index (κ2) is 9.26. The van der Waals surface area contributed by atoms with Crippen molar-refractivity contribution in [3.63, 3.8) is 0 Å². The molecule has 1 aliphatic rings.